The monoisotopic (exact) mass is 367 g/mol. The summed E-state index contributed by atoms with van der Waals surface area (Å²) in [7, 11) is -3.35. The lowest BCUT2D eigenvalue weighted by atomic mass is 9.98. The first kappa shape index (κ1) is 16.7. The van der Waals surface area contributed by atoms with Gasteiger partial charge in [-0.25, -0.2) is 9.24 Å². The van der Waals surface area contributed by atoms with E-state index in [9.17, 15) is 4.57 Å². The summed E-state index contributed by atoms with van der Waals surface area (Å²) < 4.78 is 44.4. The van der Waals surface area contributed by atoms with Crippen molar-refractivity contribution in [2.75, 3.05) is 25.6 Å². The molecule has 4 rings (SSSR count). The number of nitrogens with zero attached hydrogens (tertiary/aromatic N) is 1. The summed E-state index contributed by atoms with van der Waals surface area (Å²) in [5, 5.41) is 0. The lowest BCUT2D eigenvalue weighted by Gasteiger charge is -2.44. The van der Waals surface area contributed by atoms with Crippen LogP contribution in [0.2, 0.25) is 0 Å². The molecule has 5 unspecified atom stereocenters. The minimum Gasteiger partial charge on any atom is -0.339 e. The van der Waals surface area contributed by atoms with Crippen molar-refractivity contribution in [1.82, 2.24) is 4.67 Å². The molecular formula is C14H23ClNO6P. The third kappa shape index (κ3) is 2.70. The Morgan fingerprint density at radius 2 is 1.91 bits per heavy atom. The van der Waals surface area contributed by atoms with Crippen LogP contribution in [0, 0.1) is 0 Å². The fourth-order valence-corrected chi connectivity index (χ4v) is 6.11. The highest BCUT2D eigenvalue weighted by Gasteiger charge is 2.67. The van der Waals surface area contributed by atoms with Crippen molar-refractivity contribution in [2.45, 2.75) is 63.0 Å². The molecule has 0 saturated carbocycles. The Morgan fingerprint density at radius 3 is 2.61 bits per heavy atom. The average molecular weight is 368 g/mol. The summed E-state index contributed by atoms with van der Waals surface area (Å²) in [6.07, 6.45) is 1.54. The highest BCUT2D eigenvalue weighted by atomic mass is 35.5. The normalized spacial score (nSPS) is 49.8. The van der Waals surface area contributed by atoms with Gasteiger partial charge in [0.15, 0.2) is 12.1 Å². The number of halogens is 1. The number of hydrogen-bond donors (Lipinski definition) is 0. The van der Waals surface area contributed by atoms with Gasteiger partial charge in [-0.15, -0.1) is 11.6 Å². The molecule has 4 saturated heterocycles. The van der Waals surface area contributed by atoms with Crippen molar-refractivity contribution in [1.29, 1.82) is 0 Å². The van der Waals surface area contributed by atoms with Crippen molar-refractivity contribution in [3.8, 4) is 0 Å². The van der Waals surface area contributed by atoms with E-state index in [0.29, 0.717) is 0 Å². The molecule has 0 bridgehead atoms. The van der Waals surface area contributed by atoms with Crippen LogP contribution in [0.3, 0.4) is 0 Å². The second-order valence-electron chi connectivity index (χ2n) is 7.07. The molecule has 0 N–H and O–H groups in total. The standard InChI is InChI=1S/C14H23ClNO6P/c1-13(2)19-10-11-14(8-15,21-12(10)20-13)9-18-23(17,22-11)16-6-4-3-5-7-16/h10-12H,3-9H2,1-2H3. The number of alkyl halides is 1. The Morgan fingerprint density at radius 1 is 1.17 bits per heavy atom. The van der Waals surface area contributed by atoms with Gasteiger partial charge in [0, 0.05) is 13.1 Å². The van der Waals surface area contributed by atoms with E-state index in [2.05, 4.69) is 0 Å². The van der Waals surface area contributed by atoms with E-state index in [4.69, 9.17) is 34.9 Å². The number of rotatable bonds is 2. The van der Waals surface area contributed by atoms with Crippen molar-refractivity contribution < 1.29 is 27.8 Å². The Hall–Kier alpha value is 0.280. The molecule has 0 amide bonds. The van der Waals surface area contributed by atoms with Gasteiger partial charge in [0.1, 0.15) is 17.8 Å². The van der Waals surface area contributed by atoms with Gasteiger partial charge in [-0.3, -0.25) is 9.05 Å². The van der Waals surface area contributed by atoms with Crippen LogP contribution in [0.15, 0.2) is 0 Å². The molecule has 5 atom stereocenters. The van der Waals surface area contributed by atoms with Crippen LogP contribution < -0.4 is 0 Å². The minimum absolute atomic E-state index is 0.120. The van der Waals surface area contributed by atoms with Crippen LogP contribution in [0.4, 0.5) is 0 Å². The van der Waals surface area contributed by atoms with Gasteiger partial charge in [-0.05, 0) is 26.7 Å². The largest absolute Gasteiger partial charge is 0.408 e. The van der Waals surface area contributed by atoms with Crippen molar-refractivity contribution in [3.63, 3.8) is 0 Å². The zero-order chi connectivity index (χ0) is 16.3. The van der Waals surface area contributed by atoms with Crippen LogP contribution in [0.5, 0.6) is 0 Å². The van der Waals surface area contributed by atoms with Gasteiger partial charge in [0.05, 0.1) is 12.5 Å². The Bertz CT molecular complexity index is 527. The van der Waals surface area contributed by atoms with Gasteiger partial charge < -0.3 is 14.2 Å². The molecule has 4 aliphatic heterocycles. The summed E-state index contributed by atoms with van der Waals surface area (Å²) in [6, 6.07) is 0. The summed E-state index contributed by atoms with van der Waals surface area (Å²) >= 11 is 6.13. The molecule has 0 radical (unpaired) electrons. The molecule has 4 aliphatic rings. The second-order valence-corrected chi connectivity index (χ2v) is 9.31. The quantitative estimate of drug-likeness (QED) is 0.548. The maximum absolute atomic E-state index is 13.2. The molecule has 0 aromatic rings. The maximum atomic E-state index is 13.2. The first-order chi connectivity index (χ1) is 10.9. The van der Waals surface area contributed by atoms with Crippen LogP contribution in [-0.2, 0) is 27.8 Å². The first-order valence-corrected chi connectivity index (χ1v) is 10.2. The predicted molar refractivity (Wildman–Crippen MR) is 82.2 cm³/mol. The number of piperidine rings is 1. The van der Waals surface area contributed by atoms with Crippen LogP contribution in [0.1, 0.15) is 33.1 Å². The minimum atomic E-state index is -3.35. The Labute approximate surface area is 141 Å². The van der Waals surface area contributed by atoms with Crippen molar-refractivity contribution in [3.05, 3.63) is 0 Å². The molecule has 7 nitrogen and oxygen atoms in total. The second kappa shape index (κ2) is 5.64. The van der Waals surface area contributed by atoms with E-state index < -0.39 is 37.6 Å². The number of ether oxygens (including phenoxy) is 3. The average Bonchev–Trinajstić information content (AvgIpc) is 2.98. The van der Waals surface area contributed by atoms with Crippen LogP contribution >= 0.6 is 19.3 Å². The topological polar surface area (TPSA) is 66.5 Å². The molecule has 4 heterocycles. The van der Waals surface area contributed by atoms with Crippen molar-refractivity contribution >= 4 is 19.3 Å². The molecule has 0 aromatic carbocycles. The number of fused-ring (bicyclic) bond motifs is 3. The molecule has 9 heteroatoms. The third-order valence-corrected chi connectivity index (χ3v) is 7.37. The fourth-order valence-electron chi connectivity index (χ4n) is 3.70. The van der Waals surface area contributed by atoms with Gasteiger partial charge in [-0.2, -0.15) is 0 Å². The fraction of sp³-hybridized carbons (Fsp3) is 1.00. The van der Waals surface area contributed by atoms with Crippen molar-refractivity contribution in [2.24, 2.45) is 0 Å². The lowest BCUT2D eigenvalue weighted by molar-refractivity contribution is -0.244. The molecule has 132 valence electrons. The maximum Gasteiger partial charge on any atom is 0.408 e. The molecule has 0 aliphatic carbocycles. The van der Waals surface area contributed by atoms with Crippen LogP contribution in [-0.4, -0.2) is 60.1 Å². The molecule has 23 heavy (non-hydrogen) atoms. The predicted octanol–water partition coefficient (Wildman–Crippen LogP) is 2.48. The highest BCUT2D eigenvalue weighted by molar-refractivity contribution is 7.51. The summed E-state index contributed by atoms with van der Waals surface area (Å²) in [5.74, 6) is -0.595. The summed E-state index contributed by atoms with van der Waals surface area (Å²) in [4.78, 5) is 0. The van der Waals surface area contributed by atoms with E-state index >= 15 is 0 Å². The van der Waals surface area contributed by atoms with E-state index in [1.54, 1.807) is 0 Å². The van der Waals surface area contributed by atoms with E-state index in [0.717, 1.165) is 32.4 Å². The highest BCUT2D eigenvalue weighted by Crippen LogP contribution is 2.62. The van der Waals surface area contributed by atoms with E-state index in [-0.39, 0.29) is 12.5 Å². The Kier molecular flexibility index (Phi) is 4.11. The van der Waals surface area contributed by atoms with Gasteiger partial charge >= 0.3 is 7.75 Å². The van der Waals surface area contributed by atoms with Gasteiger partial charge in [0.2, 0.25) is 0 Å². The SMILES string of the molecule is CC1(C)OC2OC3(CCl)COP(=O)(N4CCCCC4)OC3C2O1. The van der Waals surface area contributed by atoms with Gasteiger partial charge in [-0.1, -0.05) is 6.42 Å². The lowest BCUT2D eigenvalue weighted by Crippen LogP contribution is -2.54. The van der Waals surface area contributed by atoms with E-state index in [1.807, 2.05) is 18.5 Å². The first-order valence-electron chi connectivity index (χ1n) is 8.15. The molecule has 4 fully saturated rings. The van der Waals surface area contributed by atoms with Gasteiger partial charge in [0.25, 0.3) is 0 Å². The number of hydrogen-bond acceptors (Lipinski definition) is 6. The van der Waals surface area contributed by atoms with Crippen LogP contribution in [0.25, 0.3) is 0 Å². The smallest absolute Gasteiger partial charge is 0.339 e. The zero-order valence-corrected chi connectivity index (χ0v) is 15.1. The van der Waals surface area contributed by atoms with E-state index in [1.165, 1.54) is 0 Å². The summed E-state index contributed by atoms with van der Waals surface area (Å²) in [6.45, 7) is 5.20. The summed E-state index contributed by atoms with van der Waals surface area (Å²) in [5.41, 5.74) is -0.878. The zero-order valence-electron chi connectivity index (χ0n) is 13.4. The third-order valence-electron chi connectivity index (χ3n) is 4.88. The Balaban J connectivity index is 1.59. The molecule has 0 spiro atoms. The molecular weight excluding hydrogens is 345 g/mol. The molecule has 0 aromatic heterocycles.